The highest BCUT2D eigenvalue weighted by Gasteiger charge is 2.35. The fraction of sp³-hybridized carbons (Fsp3) is 0.600. The molecule has 1 fully saturated rings. The molecular weight excluding hydrogens is 226 g/mol. The van der Waals surface area contributed by atoms with E-state index in [4.69, 9.17) is 4.74 Å². The molecule has 2 N–H and O–H groups in total. The number of likely N-dealkylation sites (N-methyl/N-ethyl adjacent to an activating group) is 1. The van der Waals surface area contributed by atoms with Crippen LogP contribution in [0.2, 0.25) is 0 Å². The third-order valence-electron chi connectivity index (χ3n) is 4.13. The van der Waals surface area contributed by atoms with Gasteiger partial charge < -0.3 is 15.2 Å². The Morgan fingerprint density at radius 1 is 1.28 bits per heavy atom. The van der Waals surface area contributed by atoms with Crippen LogP contribution in [-0.4, -0.2) is 31.9 Å². The van der Waals surface area contributed by atoms with Crippen molar-refractivity contribution in [2.45, 2.75) is 37.2 Å². The van der Waals surface area contributed by atoms with Gasteiger partial charge in [0.15, 0.2) is 0 Å². The van der Waals surface area contributed by atoms with E-state index >= 15 is 0 Å². The topological polar surface area (TPSA) is 41.5 Å². The molecule has 0 atom stereocenters. The second-order valence-corrected chi connectivity index (χ2v) is 5.27. The second kappa shape index (κ2) is 5.72. The van der Waals surface area contributed by atoms with Crippen molar-refractivity contribution in [2.24, 2.45) is 0 Å². The van der Waals surface area contributed by atoms with Gasteiger partial charge in [-0.2, -0.15) is 0 Å². The maximum Gasteiger partial charge on any atom is 0.118 e. The molecule has 1 aromatic carbocycles. The van der Waals surface area contributed by atoms with Gasteiger partial charge in [0.2, 0.25) is 0 Å². The van der Waals surface area contributed by atoms with Crippen LogP contribution >= 0.6 is 0 Å². The predicted molar refractivity (Wildman–Crippen MR) is 73.1 cm³/mol. The minimum Gasteiger partial charge on any atom is -0.497 e. The lowest BCUT2D eigenvalue weighted by Gasteiger charge is -2.39. The Labute approximate surface area is 109 Å². The number of nitrogens with one attached hydrogen (secondary N) is 1. The maximum absolute atomic E-state index is 9.70. The van der Waals surface area contributed by atoms with Gasteiger partial charge in [0.25, 0.3) is 0 Å². The first-order chi connectivity index (χ1) is 8.70. The van der Waals surface area contributed by atoms with Crippen molar-refractivity contribution in [1.82, 2.24) is 5.32 Å². The largest absolute Gasteiger partial charge is 0.497 e. The van der Waals surface area contributed by atoms with Gasteiger partial charge in [-0.1, -0.05) is 12.1 Å². The molecular formula is C15H23NO2. The van der Waals surface area contributed by atoms with E-state index in [1.165, 1.54) is 5.56 Å². The molecule has 18 heavy (non-hydrogen) atoms. The van der Waals surface area contributed by atoms with Crippen molar-refractivity contribution in [2.75, 3.05) is 20.7 Å². The number of ether oxygens (including phenoxy) is 1. The average molecular weight is 249 g/mol. The Kier molecular flexibility index (Phi) is 4.25. The summed E-state index contributed by atoms with van der Waals surface area (Å²) in [4.78, 5) is 0. The average Bonchev–Trinajstić information content (AvgIpc) is 2.42. The van der Waals surface area contributed by atoms with Gasteiger partial charge >= 0.3 is 0 Å². The smallest absolute Gasteiger partial charge is 0.118 e. The molecule has 1 saturated carbocycles. The maximum atomic E-state index is 9.70. The molecule has 0 aromatic heterocycles. The lowest BCUT2D eigenvalue weighted by Crippen LogP contribution is -2.41. The van der Waals surface area contributed by atoms with Gasteiger partial charge in [0.1, 0.15) is 5.75 Å². The standard InChI is InChI=1S/C15H23NO2/c1-16-11-15(9-7-13(17)8-10-15)12-3-5-14(18-2)6-4-12/h3-6,13,16-17H,7-11H2,1-2H3. The summed E-state index contributed by atoms with van der Waals surface area (Å²) in [6.45, 7) is 0.964. The van der Waals surface area contributed by atoms with Crippen LogP contribution in [0.25, 0.3) is 0 Å². The molecule has 0 bridgehead atoms. The van der Waals surface area contributed by atoms with E-state index in [0.29, 0.717) is 0 Å². The molecule has 2 rings (SSSR count). The minimum absolute atomic E-state index is 0.117. The summed E-state index contributed by atoms with van der Waals surface area (Å²) in [5.74, 6) is 0.897. The summed E-state index contributed by atoms with van der Waals surface area (Å²) in [6, 6.07) is 8.37. The van der Waals surface area contributed by atoms with Crippen molar-refractivity contribution in [3.05, 3.63) is 29.8 Å². The summed E-state index contributed by atoms with van der Waals surface area (Å²) >= 11 is 0. The van der Waals surface area contributed by atoms with E-state index in [1.807, 2.05) is 19.2 Å². The molecule has 0 amide bonds. The van der Waals surface area contributed by atoms with Crippen molar-refractivity contribution in [3.63, 3.8) is 0 Å². The van der Waals surface area contributed by atoms with Gasteiger partial charge in [-0.3, -0.25) is 0 Å². The van der Waals surface area contributed by atoms with Gasteiger partial charge in [0, 0.05) is 12.0 Å². The first-order valence-electron chi connectivity index (χ1n) is 6.67. The molecule has 1 aliphatic rings. The predicted octanol–water partition coefficient (Wildman–Crippen LogP) is 2.09. The van der Waals surface area contributed by atoms with Crippen LogP contribution in [0, 0.1) is 0 Å². The molecule has 0 saturated heterocycles. The monoisotopic (exact) mass is 249 g/mol. The Morgan fingerprint density at radius 3 is 2.39 bits per heavy atom. The summed E-state index contributed by atoms with van der Waals surface area (Å²) in [5.41, 5.74) is 1.52. The molecule has 3 heteroatoms. The molecule has 1 aromatic rings. The first-order valence-corrected chi connectivity index (χ1v) is 6.67. The zero-order chi connectivity index (χ0) is 13.0. The van der Waals surface area contributed by atoms with E-state index in [0.717, 1.165) is 38.0 Å². The van der Waals surface area contributed by atoms with Crippen LogP contribution in [0.3, 0.4) is 0 Å². The first kappa shape index (κ1) is 13.4. The third kappa shape index (κ3) is 2.68. The number of hydrogen-bond donors (Lipinski definition) is 2. The minimum atomic E-state index is -0.117. The molecule has 100 valence electrons. The Bertz CT molecular complexity index is 367. The number of aliphatic hydroxyl groups is 1. The number of rotatable bonds is 4. The highest BCUT2D eigenvalue weighted by Crippen LogP contribution is 2.39. The summed E-state index contributed by atoms with van der Waals surface area (Å²) in [7, 11) is 3.69. The highest BCUT2D eigenvalue weighted by atomic mass is 16.5. The fourth-order valence-electron chi connectivity index (χ4n) is 3.01. The van der Waals surface area contributed by atoms with Gasteiger partial charge in [-0.05, 0) is 50.4 Å². The normalized spacial score (nSPS) is 28.1. The lowest BCUT2D eigenvalue weighted by molar-refractivity contribution is 0.0952. The summed E-state index contributed by atoms with van der Waals surface area (Å²) in [6.07, 6.45) is 3.76. The van der Waals surface area contributed by atoms with Crippen molar-refractivity contribution in [1.29, 1.82) is 0 Å². The molecule has 3 nitrogen and oxygen atoms in total. The second-order valence-electron chi connectivity index (χ2n) is 5.27. The summed E-state index contributed by atoms with van der Waals surface area (Å²) < 4.78 is 5.21. The Morgan fingerprint density at radius 2 is 1.89 bits per heavy atom. The third-order valence-corrected chi connectivity index (χ3v) is 4.13. The van der Waals surface area contributed by atoms with Gasteiger partial charge in [-0.15, -0.1) is 0 Å². The lowest BCUT2D eigenvalue weighted by atomic mass is 9.68. The van der Waals surface area contributed by atoms with E-state index in [2.05, 4.69) is 17.4 Å². The fourth-order valence-corrected chi connectivity index (χ4v) is 3.01. The van der Waals surface area contributed by atoms with Gasteiger partial charge in [-0.25, -0.2) is 0 Å². The van der Waals surface area contributed by atoms with Gasteiger partial charge in [0.05, 0.1) is 13.2 Å². The molecule has 0 spiro atoms. The Hall–Kier alpha value is -1.06. The zero-order valence-electron chi connectivity index (χ0n) is 11.3. The number of hydrogen-bond acceptors (Lipinski definition) is 3. The van der Waals surface area contributed by atoms with Crippen LogP contribution in [0.1, 0.15) is 31.2 Å². The van der Waals surface area contributed by atoms with E-state index < -0.39 is 0 Å². The van der Waals surface area contributed by atoms with Crippen LogP contribution in [0.15, 0.2) is 24.3 Å². The van der Waals surface area contributed by atoms with Crippen molar-refractivity contribution in [3.8, 4) is 5.75 Å². The molecule has 0 radical (unpaired) electrons. The van der Waals surface area contributed by atoms with Crippen LogP contribution in [0.4, 0.5) is 0 Å². The van der Waals surface area contributed by atoms with Crippen molar-refractivity contribution < 1.29 is 9.84 Å². The van der Waals surface area contributed by atoms with Crippen LogP contribution < -0.4 is 10.1 Å². The zero-order valence-corrected chi connectivity index (χ0v) is 11.3. The molecule has 0 heterocycles. The number of aliphatic hydroxyl groups excluding tert-OH is 1. The molecule has 0 aliphatic heterocycles. The van der Waals surface area contributed by atoms with Crippen LogP contribution in [-0.2, 0) is 5.41 Å². The van der Waals surface area contributed by atoms with E-state index in [1.54, 1.807) is 7.11 Å². The number of methoxy groups -OCH3 is 1. The summed E-state index contributed by atoms with van der Waals surface area (Å²) in [5, 5.41) is 13.0. The highest BCUT2D eigenvalue weighted by molar-refractivity contribution is 5.33. The van der Waals surface area contributed by atoms with Crippen molar-refractivity contribution >= 4 is 0 Å². The Balaban J connectivity index is 2.22. The quantitative estimate of drug-likeness (QED) is 0.858. The number of benzene rings is 1. The molecule has 1 aliphatic carbocycles. The van der Waals surface area contributed by atoms with E-state index in [-0.39, 0.29) is 11.5 Å². The molecule has 0 unspecified atom stereocenters. The van der Waals surface area contributed by atoms with E-state index in [9.17, 15) is 5.11 Å². The van der Waals surface area contributed by atoms with Crippen LogP contribution in [0.5, 0.6) is 5.75 Å². The SMILES string of the molecule is CNCC1(c2ccc(OC)cc2)CCC(O)CC1.